The molecule has 4 heteroatoms. The zero-order chi connectivity index (χ0) is 17.4. The van der Waals surface area contributed by atoms with Crippen LogP contribution in [0.3, 0.4) is 0 Å². The minimum atomic E-state index is -0.343. The van der Waals surface area contributed by atoms with Crippen LogP contribution in [0.2, 0.25) is 0 Å². The largest absolute Gasteiger partial charge is 0.294 e. The number of anilines is 1. The number of ketones is 1. The third-order valence-corrected chi connectivity index (χ3v) is 4.96. The molecule has 0 aromatic heterocycles. The fourth-order valence-electron chi connectivity index (χ4n) is 3.85. The van der Waals surface area contributed by atoms with Crippen molar-refractivity contribution in [1.82, 2.24) is 0 Å². The van der Waals surface area contributed by atoms with E-state index in [2.05, 4.69) is 0 Å². The molecule has 1 amide bonds. The molecule has 1 unspecified atom stereocenters. The molecular weight excluding hydrogens is 317 g/mol. The smallest absolute Gasteiger partial charge is 0.232 e. The van der Waals surface area contributed by atoms with Gasteiger partial charge in [-0.15, -0.1) is 0 Å². The summed E-state index contributed by atoms with van der Waals surface area (Å²) in [4.78, 5) is 27.2. The van der Waals surface area contributed by atoms with Crippen molar-refractivity contribution in [2.75, 3.05) is 4.90 Å². The van der Waals surface area contributed by atoms with Gasteiger partial charge in [-0.1, -0.05) is 30.3 Å². The number of carbonyl (C=O) groups is 2. The van der Waals surface area contributed by atoms with Crippen molar-refractivity contribution in [3.8, 4) is 0 Å². The second kappa shape index (κ2) is 6.28. The Labute approximate surface area is 145 Å². The number of Topliss-reactive ketones (excluding diaryl/α,β-unsaturated/α-hetero) is 1. The zero-order valence-corrected chi connectivity index (χ0v) is 13.7. The van der Waals surface area contributed by atoms with Gasteiger partial charge in [0.1, 0.15) is 5.82 Å². The van der Waals surface area contributed by atoms with E-state index in [-0.39, 0.29) is 29.8 Å². The van der Waals surface area contributed by atoms with Crippen molar-refractivity contribution >= 4 is 17.4 Å². The number of hydrogen-bond donors (Lipinski definition) is 0. The summed E-state index contributed by atoms with van der Waals surface area (Å²) >= 11 is 0. The second-order valence-electron chi connectivity index (χ2n) is 6.51. The van der Waals surface area contributed by atoms with E-state index in [1.54, 1.807) is 17.0 Å². The van der Waals surface area contributed by atoms with Crippen LogP contribution in [0.1, 0.15) is 37.2 Å². The molecule has 2 aromatic carbocycles. The van der Waals surface area contributed by atoms with Crippen LogP contribution < -0.4 is 4.90 Å². The van der Waals surface area contributed by atoms with Crippen LogP contribution >= 0.6 is 0 Å². The minimum absolute atomic E-state index is 0.0473. The number of hydrogen-bond acceptors (Lipinski definition) is 2. The highest BCUT2D eigenvalue weighted by Crippen LogP contribution is 2.43. The third kappa shape index (κ3) is 2.78. The van der Waals surface area contributed by atoms with E-state index in [4.69, 9.17) is 0 Å². The van der Waals surface area contributed by atoms with Gasteiger partial charge >= 0.3 is 0 Å². The van der Waals surface area contributed by atoms with Gasteiger partial charge < -0.3 is 0 Å². The Morgan fingerprint density at radius 1 is 0.920 bits per heavy atom. The predicted molar refractivity (Wildman–Crippen MR) is 93.6 cm³/mol. The average molecular weight is 335 g/mol. The molecule has 1 aliphatic heterocycles. The first-order valence-electron chi connectivity index (χ1n) is 8.55. The van der Waals surface area contributed by atoms with Gasteiger partial charge in [0.15, 0.2) is 5.78 Å². The highest BCUT2D eigenvalue weighted by Gasteiger charge is 2.39. The molecular formula is C21H18FNO2. The van der Waals surface area contributed by atoms with Gasteiger partial charge in [0.05, 0.1) is 0 Å². The van der Waals surface area contributed by atoms with Crippen molar-refractivity contribution in [2.24, 2.45) is 0 Å². The van der Waals surface area contributed by atoms with Crippen molar-refractivity contribution in [2.45, 2.75) is 31.6 Å². The standard InChI is InChI=1S/C21H18FNO2/c22-15-9-11-16(12-10-15)23-18-7-4-8-19(24)21(18)17(13-20(23)25)14-5-2-1-3-6-14/h1-3,5-6,9-12,17H,4,7-8,13H2. The van der Waals surface area contributed by atoms with Crippen LogP contribution in [0.25, 0.3) is 0 Å². The SMILES string of the molecule is O=C1CCCC2=C1C(c1ccccc1)CC(=O)N2c1ccc(F)cc1. The quantitative estimate of drug-likeness (QED) is 0.818. The second-order valence-corrected chi connectivity index (χ2v) is 6.51. The Bertz CT molecular complexity index is 855. The number of amides is 1. The molecule has 0 spiro atoms. The monoisotopic (exact) mass is 335 g/mol. The van der Waals surface area contributed by atoms with Crippen molar-refractivity contribution < 1.29 is 14.0 Å². The normalized spacial score (nSPS) is 20.7. The van der Waals surface area contributed by atoms with E-state index >= 15 is 0 Å². The lowest BCUT2D eigenvalue weighted by atomic mass is 9.77. The Kier molecular flexibility index (Phi) is 3.96. The molecule has 0 N–H and O–H groups in total. The fraction of sp³-hybridized carbons (Fsp3) is 0.238. The Hall–Kier alpha value is -2.75. The van der Waals surface area contributed by atoms with Gasteiger partial charge in [-0.05, 0) is 42.7 Å². The molecule has 3 nitrogen and oxygen atoms in total. The predicted octanol–water partition coefficient (Wildman–Crippen LogP) is 4.35. The van der Waals surface area contributed by atoms with E-state index in [9.17, 15) is 14.0 Å². The fourth-order valence-corrected chi connectivity index (χ4v) is 3.85. The molecule has 126 valence electrons. The minimum Gasteiger partial charge on any atom is -0.294 e. The van der Waals surface area contributed by atoms with E-state index in [1.165, 1.54) is 12.1 Å². The first-order valence-corrected chi connectivity index (χ1v) is 8.55. The average Bonchev–Trinajstić information content (AvgIpc) is 2.63. The Morgan fingerprint density at radius 2 is 1.64 bits per heavy atom. The summed E-state index contributed by atoms with van der Waals surface area (Å²) in [5.41, 5.74) is 3.16. The van der Waals surface area contributed by atoms with Gasteiger partial charge in [-0.3, -0.25) is 14.5 Å². The van der Waals surface area contributed by atoms with Gasteiger partial charge in [-0.25, -0.2) is 4.39 Å². The summed E-state index contributed by atoms with van der Waals surface area (Å²) in [5, 5.41) is 0. The first kappa shape index (κ1) is 15.8. The molecule has 0 fully saturated rings. The molecule has 2 aliphatic rings. The molecule has 4 rings (SSSR count). The summed E-state index contributed by atoms with van der Waals surface area (Å²) in [7, 11) is 0. The number of carbonyl (C=O) groups excluding carboxylic acids is 2. The highest BCUT2D eigenvalue weighted by molar-refractivity contribution is 6.07. The molecule has 0 radical (unpaired) electrons. The summed E-state index contributed by atoms with van der Waals surface area (Å²) in [6.45, 7) is 0. The van der Waals surface area contributed by atoms with Crippen LogP contribution in [0.5, 0.6) is 0 Å². The topological polar surface area (TPSA) is 37.4 Å². The first-order chi connectivity index (χ1) is 12.1. The van der Waals surface area contributed by atoms with Gasteiger partial charge in [0, 0.05) is 35.7 Å². The number of rotatable bonds is 2. The van der Waals surface area contributed by atoms with Gasteiger partial charge in [0.2, 0.25) is 5.91 Å². The number of benzene rings is 2. The lowest BCUT2D eigenvalue weighted by molar-refractivity contribution is -0.119. The van der Waals surface area contributed by atoms with Gasteiger partial charge in [0.25, 0.3) is 0 Å². The van der Waals surface area contributed by atoms with E-state index < -0.39 is 0 Å². The van der Waals surface area contributed by atoms with Crippen LogP contribution in [-0.4, -0.2) is 11.7 Å². The number of nitrogens with zero attached hydrogens (tertiary/aromatic N) is 1. The van der Waals surface area contributed by atoms with Crippen molar-refractivity contribution in [3.63, 3.8) is 0 Å². The lowest BCUT2D eigenvalue weighted by Crippen LogP contribution is -2.40. The van der Waals surface area contributed by atoms with Gasteiger partial charge in [-0.2, -0.15) is 0 Å². The van der Waals surface area contributed by atoms with E-state index in [0.717, 1.165) is 23.3 Å². The van der Waals surface area contributed by atoms with Crippen LogP contribution in [0.4, 0.5) is 10.1 Å². The third-order valence-electron chi connectivity index (χ3n) is 4.96. The number of halogens is 1. The molecule has 0 bridgehead atoms. The number of allylic oxidation sites excluding steroid dienone is 2. The molecule has 0 saturated carbocycles. The summed E-state index contributed by atoms with van der Waals surface area (Å²) < 4.78 is 13.3. The van der Waals surface area contributed by atoms with Crippen LogP contribution in [-0.2, 0) is 9.59 Å². The molecule has 1 aliphatic carbocycles. The maximum absolute atomic E-state index is 13.3. The molecule has 25 heavy (non-hydrogen) atoms. The molecule has 1 atom stereocenters. The maximum Gasteiger partial charge on any atom is 0.232 e. The molecule has 0 saturated heterocycles. The van der Waals surface area contributed by atoms with Crippen LogP contribution in [0, 0.1) is 5.82 Å². The Morgan fingerprint density at radius 3 is 2.36 bits per heavy atom. The molecule has 1 heterocycles. The van der Waals surface area contributed by atoms with E-state index in [1.807, 2.05) is 30.3 Å². The van der Waals surface area contributed by atoms with Crippen LogP contribution in [0.15, 0.2) is 65.9 Å². The molecule has 2 aromatic rings. The van der Waals surface area contributed by atoms with E-state index in [0.29, 0.717) is 18.5 Å². The summed E-state index contributed by atoms with van der Waals surface area (Å²) in [6, 6.07) is 15.6. The lowest BCUT2D eigenvalue weighted by Gasteiger charge is -2.38. The summed E-state index contributed by atoms with van der Waals surface area (Å²) in [5.74, 6) is -0.457. The summed E-state index contributed by atoms with van der Waals surface area (Å²) in [6.07, 6.45) is 2.21. The zero-order valence-electron chi connectivity index (χ0n) is 13.7. The Balaban J connectivity index is 1.85. The highest BCUT2D eigenvalue weighted by atomic mass is 19.1. The van der Waals surface area contributed by atoms with Crippen molar-refractivity contribution in [1.29, 1.82) is 0 Å². The maximum atomic E-state index is 13.3. The van der Waals surface area contributed by atoms with Crippen molar-refractivity contribution in [3.05, 3.63) is 77.2 Å².